The predicted octanol–water partition coefficient (Wildman–Crippen LogP) is 0.508. The van der Waals surface area contributed by atoms with Gasteiger partial charge in [0, 0.05) is 18.4 Å². The molecule has 0 fully saturated rings. The van der Waals surface area contributed by atoms with Gasteiger partial charge in [-0.3, -0.25) is 9.59 Å². The lowest BCUT2D eigenvalue weighted by Gasteiger charge is -2.14. The van der Waals surface area contributed by atoms with E-state index in [-0.39, 0.29) is 23.5 Å². The number of ether oxygens (including phenoxy) is 1. The summed E-state index contributed by atoms with van der Waals surface area (Å²) in [5.41, 5.74) is 0. The molecule has 2 N–H and O–H groups in total. The van der Waals surface area contributed by atoms with E-state index in [1.165, 1.54) is 18.7 Å². The van der Waals surface area contributed by atoms with Gasteiger partial charge in [-0.25, -0.2) is 4.79 Å². The van der Waals surface area contributed by atoms with Crippen LogP contribution < -0.4 is 5.32 Å². The lowest BCUT2D eigenvalue weighted by molar-refractivity contribution is -0.146. The molecule has 104 valence electrons. The summed E-state index contributed by atoms with van der Waals surface area (Å²) < 4.78 is 4.83. The average molecular weight is 277 g/mol. The Hall–Kier alpha value is -1.24. The van der Waals surface area contributed by atoms with E-state index in [1.54, 1.807) is 13.8 Å². The maximum absolute atomic E-state index is 11.3. The fourth-order valence-electron chi connectivity index (χ4n) is 1.14. The molecule has 0 aliphatic carbocycles. The minimum absolute atomic E-state index is 0.221. The highest BCUT2D eigenvalue weighted by molar-refractivity contribution is 7.99. The SMILES string of the molecule is CCOC(=O)C(C)CSC[C@@H](NC(C)=O)C(=O)O. The van der Waals surface area contributed by atoms with E-state index in [4.69, 9.17) is 9.84 Å². The van der Waals surface area contributed by atoms with Crippen molar-refractivity contribution in [3.05, 3.63) is 0 Å². The molecule has 0 aliphatic rings. The zero-order valence-electron chi connectivity index (χ0n) is 10.8. The van der Waals surface area contributed by atoms with Crippen LogP contribution in [0.1, 0.15) is 20.8 Å². The van der Waals surface area contributed by atoms with Gasteiger partial charge in [-0.2, -0.15) is 11.8 Å². The summed E-state index contributed by atoms with van der Waals surface area (Å²) >= 11 is 1.30. The molecule has 0 rings (SSSR count). The number of hydrogen-bond donors (Lipinski definition) is 2. The van der Waals surface area contributed by atoms with Crippen LogP contribution in [-0.4, -0.2) is 47.1 Å². The van der Waals surface area contributed by atoms with Crippen molar-refractivity contribution in [3.8, 4) is 0 Å². The number of carboxylic acid groups (broad SMARTS) is 1. The second-order valence-electron chi connectivity index (χ2n) is 3.78. The molecule has 0 spiro atoms. The van der Waals surface area contributed by atoms with Crippen LogP contribution in [0.25, 0.3) is 0 Å². The summed E-state index contributed by atoms with van der Waals surface area (Å²) in [6.45, 7) is 5.05. The Labute approximate surface area is 110 Å². The lowest BCUT2D eigenvalue weighted by atomic mass is 10.2. The second kappa shape index (κ2) is 8.79. The van der Waals surface area contributed by atoms with Crippen LogP contribution in [0.15, 0.2) is 0 Å². The molecule has 18 heavy (non-hydrogen) atoms. The van der Waals surface area contributed by atoms with Crippen molar-refractivity contribution in [2.24, 2.45) is 5.92 Å². The van der Waals surface area contributed by atoms with E-state index in [1.807, 2.05) is 0 Å². The topological polar surface area (TPSA) is 92.7 Å². The van der Waals surface area contributed by atoms with Crippen LogP contribution in [0.2, 0.25) is 0 Å². The third-order valence-electron chi connectivity index (χ3n) is 2.02. The summed E-state index contributed by atoms with van der Waals surface area (Å²) in [4.78, 5) is 32.9. The molecule has 0 radical (unpaired) electrons. The van der Waals surface area contributed by atoms with Crippen molar-refractivity contribution in [1.29, 1.82) is 0 Å². The predicted molar refractivity (Wildman–Crippen MR) is 68.4 cm³/mol. The van der Waals surface area contributed by atoms with Gasteiger partial charge in [0.25, 0.3) is 0 Å². The van der Waals surface area contributed by atoms with E-state index in [0.717, 1.165) is 0 Å². The Morgan fingerprint density at radius 1 is 1.33 bits per heavy atom. The zero-order valence-corrected chi connectivity index (χ0v) is 11.6. The van der Waals surface area contributed by atoms with E-state index in [2.05, 4.69) is 5.32 Å². The van der Waals surface area contributed by atoms with Crippen molar-refractivity contribution >= 4 is 29.6 Å². The van der Waals surface area contributed by atoms with Crippen LogP contribution in [0.5, 0.6) is 0 Å². The molecule has 0 aliphatic heterocycles. The van der Waals surface area contributed by atoms with Crippen molar-refractivity contribution in [3.63, 3.8) is 0 Å². The van der Waals surface area contributed by atoms with Gasteiger partial charge < -0.3 is 15.2 Å². The van der Waals surface area contributed by atoms with Gasteiger partial charge in [-0.15, -0.1) is 0 Å². The van der Waals surface area contributed by atoms with Crippen LogP contribution in [0.3, 0.4) is 0 Å². The molecule has 6 nitrogen and oxygen atoms in total. The number of carbonyl (C=O) groups excluding carboxylic acids is 2. The van der Waals surface area contributed by atoms with Gasteiger partial charge in [0.05, 0.1) is 12.5 Å². The van der Waals surface area contributed by atoms with Gasteiger partial charge in [-0.1, -0.05) is 6.92 Å². The molecule has 2 atom stereocenters. The standard InChI is InChI=1S/C11H19NO5S/c1-4-17-11(16)7(2)5-18-6-9(10(14)15)12-8(3)13/h7,9H,4-6H2,1-3H3,(H,12,13)(H,14,15)/t7?,9-/m1/s1. The van der Waals surface area contributed by atoms with Crippen LogP contribution in [-0.2, 0) is 19.1 Å². The minimum atomic E-state index is -1.08. The Morgan fingerprint density at radius 3 is 2.39 bits per heavy atom. The van der Waals surface area contributed by atoms with Crippen LogP contribution >= 0.6 is 11.8 Å². The number of aliphatic carboxylic acids is 1. The summed E-state index contributed by atoms with van der Waals surface area (Å²) in [6, 6.07) is -0.929. The Bertz CT molecular complexity index is 308. The number of nitrogens with one attached hydrogen (secondary N) is 1. The average Bonchev–Trinajstić information content (AvgIpc) is 2.27. The van der Waals surface area contributed by atoms with Crippen molar-refractivity contribution < 1.29 is 24.2 Å². The third kappa shape index (κ3) is 7.16. The highest BCUT2D eigenvalue weighted by Gasteiger charge is 2.20. The lowest BCUT2D eigenvalue weighted by Crippen LogP contribution is -2.41. The normalized spacial score (nSPS) is 13.5. The second-order valence-corrected chi connectivity index (χ2v) is 4.86. The number of carboxylic acids is 1. The Balaban J connectivity index is 4.02. The fourth-order valence-corrected chi connectivity index (χ4v) is 2.22. The molecule has 0 aromatic carbocycles. The molecule has 0 bridgehead atoms. The van der Waals surface area contributed by atoms with Gasteiger partial charge in [0.15, 0.2) is 0 Å². The molecule has 0 saturated carbocycles. The van der Waals surface area contributed by atoms with Gasteiger partial charge in [-0.05, 0) is 6.92 Å². The summed E-state index contributed by atoms with van der Waals surface area (Å²) in [5.74, 6) is -1.37. The van der Waals surface area contributed by atoms with Gasteiger partial charge >= 0.3 is 11.9 Å². The summed E-state index contributed by atoms with van der Waals surface area (Å²) in [5, 5.41) is 11.2. The number of thioether (sulfide) groups is 1. The summed E-state index contributed by atoms with van der Waals surface area (Å²) in [6.07, 6.45) is 0. The highest BCUT2D eigenvalue weighted by Crippen LogP contribution is 2.11. The molecular formula is C11H19NO5S. The Kier molecular flexibility index (Phi) is 8.19. The van der Waals surface area contributed by atoms with Crippen LogP contribution in [0.4, 0.5) is 0 Å². The van der Waals surface area contributed by atoms with Crippen molar-refractivity contribution in [2.45, 2.75) is 26.8 Å². The molecular weight excluding hydrogens is 258 g/mol. The van der Waals surface area contributed by atoms with E-state index in [0.29, 0.717) is 12.4 Å². The number of rotatable bonds is 8. The molecule has 0 saturated heterocycles. The first-order chi connectivity index (χ1) is 8.38. The van der Waals surface area contributed by atoms with Crippen molar-refractivity contribution in [2.75, 3.05) is 18.1 Å². The van der Waals surface area contributed by atoms with Gasteiger partial charge in [0.2, 0.25) is 5.91 Å². The molecule has 0 aromatic rings. The number of carbonyl (C=O) groups is 3. The largest absolute Gasteiger partial charge is 0.480 e. The maximum Gasteiger partial charge on any atom is 0.327 e. The Morgan fingerprint density at radius 2 is 1.94 bits per heavy atom. The number of esters is 1. The first-order valence-electron chi connectivity index (χ1n) is 5.62. The third-order valence-corrected chi connectivity index (χ3v) is 3.32. The molecule has 0 aromatic heterocycles. The van der Waals surface area contributed by atoms with E-state index >= 15 is 0 Å². The maximum atomic E-state index is 11.3. The minimum Gasteiger partial charge on any atom is -0.480 e. The quantitative estimate of drug-likeness (QED) is 0.628. The smallest absolute Gasteiger partial charge is 0.327 e. The first kappa shape index (κ1) is 16.8. The van der Waals surface area contributed by atoms with Gasteiger partial charge in [0.1, 0.15) is 6.04 Å². The van der Waals surface area contributed by atoms with E-state index < -0.39 is 12.0 Å². The molecule has 1 unspecified atom stereocenters. The number of amides is 1. The molecule has 1 amide bonds. The molecule has 0 heterocycles. The van der Waals surface area contributed by atoms with Crippen molar-refractivity contribution in [1.82, 2.24) is 5.32 Å². The monoisotopic (exact) mass is 277 g/mol. The number of hydrogen-bond acceptors (Lipinski definition) is 5. The fraction of sp³-hybridized carbons (Fsp3) is 0.727. The highest BCUT2D eigenvalue weighted by atomic mass is 32.2. The first-order valence-corrected chi connectivity index (χ1v) is 6.78. The zero-order chi connectivity index (χ0) is 14.1. The van der Waals surface area contributed by atoms with E-state index in [9.17, 15) is 14.4 Å². The molecule has 7 heteroatoms. The van der Waals surface area contributed by atoms with Crippen LogP contribution in [0, 0.1) is 5.92 Å². The summed E-state index contributed by atoms with van der Waals surface area (Å²) in [7, 11) is 0.